The molecular formula is C16H24FN3O. The van der Waals surface area contributed by atoms with E-state index in [-0.39, 0.29) is 11.8 Å². The van der Waals surface area contributed by atoms with Gasteiger partial charge in [-0.25, -0.2) is 9.18 Å². The second kappa shape index (κ2) is 7.41. The lowest BCUT2D eigenvalue weighted by molar-refractivity contribution is 0.139. The molecule has 2 amide bonds. The molecule has 5 heteroatoms. The van der Waals surface area contributed by atoms with Crippen molar-refractivity contribution in [1.82, 2.24) is 10.2 Å². The number of piperidine rings is 1. The van der Waals surface area contributed by atoms with Crippen LogP contribution in [-0.2, 0) is 0 Å². The molecule has 0 aromatic heterocycles. The van der Waals surface area contributed by atoms with Crippen molar-refractivity contribution in [1.29, 1.82) is 0 Å². The Morgan fingerprint density at radius 1 is 1.48 bits per heavy atom. The number of carbonyl (C=O) groups is 1. The van der Waals surface area contributed by atoms with Crippen molar-refractivity contribution < 1.29 is 9.18 Å². The summed E-state index contributed by atoms with van der Waals surface area (Å²) in [6, 6.07) is 6.18. The van der Waals surface area contributed by atoms with Gasteiger partial charge >= 0.3 is 6.03 Å². The number of likely N-dealkylation sites (tertiary alicyclic amines) is 1. The summed E-state index contributed by atoms with van der Waals surface area (Å²) in [5.74, 6) is 0.132. The maximum Gasteiger partial charge on any atom is 0.319 e. The Bertz CT molecular complexity index is 478. The first kappa shape index (κ1) is 15.8. The lowest BCUT2D eigenvalue weighted by Crippen LogP contribution is -2.44. The van der Waals surface area contributed by atoms with Crippen LogP contribution < -0.4 is 10.6 Å². The van der Waals surface area contributed by atoms with Crippen LogP contribution in [0.1, 0.15) is 26.7 Å². The number of urea groups is 1. The number of nitrogens with one attached hydrogen (secondary N) is 2. The summed E-state index contributed by atoms with van der Waals surface area (Å²) in [4.78, 5) is 14.3. The normalized spacial score (nSPS) is 19.5. The number of rotatable bonds is 4. The third-order valence-electron chi connectivity index (χ3n) is 3.91. The predicted octanol–water partition coefficient (Wildman–Crippen LogP) is 3.07. The summed E-state index contributed by atoms with van der Waals surface area (Å²) < 4.78 is 13.0. The summed E-state index contributed by atoms with van der Waals surface area (Å²) in [7, 11) is 0. The largest absolute Gasteiger partial charge is 0.338 e. The molecule has 1 aromatic rings. The van der Waals surface area contributed by atoms with Gasteiger partial charge in [-0.2, -0.15) is 0 Å². The number of nitrogens with zero attached hydrogens (tertiary/aromatic N) is 1. The minimum absolute atomic E-state index is 0.276. The number of hydrogen-bond acceptors (Lipinski definition) is 2. The molecule has 1 aromatic carbocycles. The van der Waals surface area contributed by atoms with Gasteiger partial charge in [0.05, 0.1) is 0 Å². The highest BCUT2D eigenvalue weighted by Gasteiger charge is 2.21. The summed E-state index contributed by atoms with van der Waals surface area (Å²) in [5.41, 5.74) is 0.472. The SMILES string of the molecule is CC(C)N1CCCC(CNC(=O)Nc2cccc(F)c2)C1. The van der Waals surface area contributed by atoms with Gasteiger partial charge in [0, 0.05) is 24.8 Å². The van der Waals surface area contributed by atoms with E-state index < -0.39 is 0 Å². The Labute approximate surface area is 125 Å². The van der Waals surface area contributed by atoms with Gasteiger partial charge in [0.25, 0.3) is 0 Å². The molecule has 1 aliphatic heterocycles. The molecule has 2 rings (SSSR count). The number of benzene rings is 1. The fraction of sp³-hybridized carbons (Fsp3) is 0.562. The molecule has 1 saturated heterocycles. The standard InChI is InChI=1S/C16H24FN3O/c1-12(2)20-8-4-5-13(11-20)10-18-16(21)19-15-7-3-6-14(17)9-15/h3,6-7,9,12-13H,4-5,8,10-11H2,1-2H3,(H2,18,19,21). The summed E-state index contributed by atoms with van der Waals surface area (Å²) in [6.07, 6.45) is 2.32. The molecule has 0 spiro atoms. The van der Waals surface area contributed by atoms with E-state index in [2.05, 4.69) is 29.4 Å². The molecule has 1 atom stereocenters. The molecule has 0 aliphatic carbocycles. The van der Waals surface area contributed by atoms with Crippen LogP contribution in [0.15, 0.2) is 24.3 Å². The number of halogens is 1. The Balaban J connectivity index is 1.76. The Kier molecular flexibility index (Phi) is 5.56. The third-order valence-corrected chi connectivity index (χ3v) is 3.91. The van der Waals surface area contributed by atoms with Crippen LogP contribution in [-0.4, -0.2) is 36.6 Å². The van der Waals surface area contributed by atoms with Crippen molar-refractivity contribution in [3.8, 4) is 0 Å². The van der Waals surface area contributed by atoms with Gasteiger partial charge < -0.3 is 15.5 Å². The monoisotopic (exact) mass is 293 g/mol. The average Bonchev–Trinajstić information content (AvgIpc) is 2.45. The lowest BCUT2D eigenvalue weighted by Gasteiger charge is -2.35. The zero-order valence-corrected chi connectivity index (χ0v) is 12.7. The summed E-state index contributed by atoms with van der Waals surface area (Å²) in [5, 5.41) is 5.53. The molecule has 1 aliphatic rings. The molecular weight excluding hydrogens is 269 g/mol. The van der Waals surface area contributed by atoms with Crippen LogP contribution >= 0.6 is 0 Å². The molecule has 21 heavy (non-hydrogen) atoms. The highest BCUT2D eigenvalue weighted by Crippen LogP contribution is 2.17. The van der Waals surface area contributed by atoms with Crippen molar-refractivity contribution >= 4 is 11.7 Å². The van der Waals surface area contributed by atoms with E-state index in [1.54, 1.807) is 12.1 Å². The smallest absolute Gasteiger partial charge is 0.319 e. The Morgan fingerprint density at radius 2 is 2.29 bits per heavy atom. The Morgan fingerprint density at radius 3 is 3.00 bits per heavy atom. The van der Waals surface area contributed by atoms with E-state index in [9.17, 15) is 9.18 Å². The molecule has 1 fully saturated rings. The molecule has 4 nitrogen and oxygen atoms in total. The van der Waals surface area contributed by atoms with Crippen molar-refractivity contribution in [3.63, 3.8) is 0 Å². The molecule has 0 saturated carbocycles. The first-order valence-corrected chi connectivity index (χ1v) is 7.59. The predicted molar refractivity (Wildman–Crippen MR) is 82.9 cm³/mol. The third kappa shape index (κ3) is 5.01. The van der Waals surface area contributed by atoms with Crippen molar-refractivity contribution in [3.05, 3.63) is 30.1 Å². The molecule has 0 bridgehead atoms. The van der Waals surface area contributed by atoms with Gasteiger partial charge in [-0.05, 0) is 57.4 Å². The van der Waals surface area contributed by atoms with Gasteiger partial charge in [-0.1, -0.05) is 6.07 Å². The fourth-order valence-corrected chi connectivity index (χ4v) is 2.71. The molecule has 2 N–H and O–H groups in total. The topological polar surface area (TPSA) is 44.4 Å². The van der Waals surface area contributed by atoms with Gasteiger partial charge in [0.2, 0.25) is 0 Å². The first-order valence-electron chi connectivity index (χ1n) is 7.59. The quantitative estimate of drug-likeness (QED) is 0.896. The van der Waals surface area contributed by atoms with Crippen LogP contribution in [0.3, 0.4) is 0 Å². The number of hydrogen-bond donors (Lipinski definition) is 2. The van der Waals surface area contributed by atoms with Crippen LogP contribution in [0.5, 0.6) is 0 Å². The van der Waals surface area contributed by atoms with Crippen molar-refractivity contribution in [2.75, 3.05) is 25.0 Å². The summed E-state index contributed by atoms with van der Waals surface area (Å²) >= 11 is 0. The van der Waals surface area contributed by atoms with E-state index >= 15 is 0 Å². The van der Waals surface area contributed by atoms with Crippen LogP contribution in [0.25, 0.3) is 0 Å². The molecule has 0 radical (unpaired) electrons. The summed E-state index contributed by atoms with van der Waals surface area (Å²) in [6.45, 7) is 7.23. The number of carbonyl (C=O) groups excluding carboxylic acids is 1. The van der Waals surface area contributed by atoms with E-state index in [1.165, 1.54) is 18.6 Å². The molecule has 116 valence electrons. The fourth-order valence-electron chi connectivity index (χ4n) is 2.71. The Hall–Kier alpha value is -1.62. The van der Waals surface area contributed by atoms with Crippen LogP contribution in [0, 0.1) is 11.7 Å². The maximum absolute atomic E-state index is 13.0. The van der Waals surface area contributed by atoms with Crippen molar-refractivity contribution in [2.24, 2.45) is 5.92 Å². The molecule has 1 heterocycles. The van der Waals surface area contributed by atoms with Crippen LogP contribution in [0.4, 0.5) is 14.9 Å². The van der Waals surface area contributed by atoms with Gasteiger partial charge in [-0.15, -0.1) is 0 Å². The van der Waals surface area contributed by atoms with Crippen LogP contribution in [0.2, 0.25) is 0 Å². The van der Waals surface area contributed by atoms with E-state index in [0.717, 1.165) is 19.5 Å². The lowest BCUT2D eigenvalue weighted by atomic mass is 9.97. The van der Waals surface area contributed by atoms with E-state index in [1.807, 2.05) is 0 Å². The molecule has 1 unspecified atom stereocenters. The zero-order valence-electron chi connectivity index (χ0n) is 12.7. The second-order valence-corrected chi connectivity index (χ2v) is 5.94. The highest BCUT2D eigenvalue weighted by atomic mass is 19.1. The minimum Gasteiger partial charge on any atom is -0.338 e. The second-order valence-electron chi connectivity index (χ2n) is 5.94. The number of anilines is 1. The number of amides is 2. The first-order chi connectivity index (χ1) is 10.0. The minimum atomic E-state index is -0.354. The van der Waals surface area contributed by atoms with Gasteiger partial charge in [0.15, 0.2) is 0 Å². The average molecular weight is 293 g/mol. The highest BCUT2D eigenvalue weighted by molar-refractivity contribution is 5.89. The van der Waals surface area contributed by atoms with E-state index in [0.29, 0.717) is 24.2 Å². The zero-order chi connectivity index (χ0) is 15.2. The maximum atomic E-state index is 13.0. The van der Waals surface area contributed by atoms with Crippen molar-refractivity contribution in [2.45, 2.75) is 32.7 Å². The van der Waals surface area contributed by atoms with E-state index in [4.69, 9.17) is 0 Å². The van der Waals surface area contributed by atoms with Gasteiger partial charge in [0.1, 0.15) is 5.82 Å². The van der Waals surface area contributed by atoms with Gasteiger partial charge in [-0.3, -0.25) is 0 Å².